The quantitative estimate of drug-likeness (QED) is 0.655. The van der Waals surface area contributed by atoms with Gasteiger partial charge in [0.15, 0.2) is 18.5 Å². The third-order valence-electron chi connectivity index (χ3n) is 3.06. The number of aliphatic hydroxyl groups is 1. The molecule has 0 amide bonds. The van der Waals surface area contributed by atoms with E-state index in [0.29, 0.717) is 6.61 Å². The maximum Gasteiger partial charge on any atom is 0.303 e. The summed E-state index contributed by atoms with van der Waals surface area (Å²) in [5.74, 6) is -1.13. The van der Waals surface area contributed by atoms with E-state index < -0.39 is 42.6 Å². The molecule has 0 saturated carbocycles. The first-order chi connectivity index (χ1) is 10.4. The van der Waals surface area contributed by atoms with Gasteiger partial charge in [0.1, 0.15) is 12.2 Å². The summed E-state index contributed by atoms with van der Waals surface area (Å²) in [4.78, 5) is 22.7. The molecule has 1 heterocycles. The molecule has 8 heteroatoms. The summed E-state index contributed by atoms with van der Waals surface area (Å²) in [5, 5.41) is 10.1. The van der Waals surface area contributed by atoms with Crippen molar-refractivity contribution in [3.05, 3.63) is 0 Å². The first-order valence-electron chi connectivity index (χ1n) is 7.28. The summed E-state index contributed by atoms with van der Waals surface area (Å²) in [6, 6.07) is 0. The fraction of sp³-hybridized carbons (Fsp3) is 0.857. The van der Waals surface area contributed by atoms with Crippen molar-refractivity contribution in [1.82, 2.24) is 0 Å². The SMILES string of the molecule is CCOC[C@H]1O[C@@H](O)[C@H](OCC)[C@@H](OC(C)=O)[C@@H]1OC(C)=O. The van der Waals surface area contributed by atoms with Crippen LogP contribution in [0.1, 0.15) is 27.7 Å². The second-order valence-electron chi connectivity index (χ2n) is 4.79. The summed E-state index contributed by atoms with van der Waals surface area (Å²) < 4.78 is 26.5. The van der Waals surface area contributed by atoms with E-state index in [0.717, 1.165) is 0 Å². The molecule has 0 bridgehead atoms. The number of hydrogen-bond acceptors (Lipinski definition) is 8. The summed E-state index contributed by atoms with van der Waals surface area (Å²) in [7, 11) is 0. The largest absolute Gasteiger partial charge is 0.456 e. The van der Waals surface area contributed by atoms with Gasteiger partial charge in [-0.15, -0.1) is 0 Å². The Hall–Kier alpha value is -1.22. The van der Waals surface area contributed by atoms with E-state index in [4.69, 9.17) is 23.7 Å². The minimum atomic E-state index is -1.32. The fourth-order valence-electron chi connectivity index (χ4n) is 2.29. The molecule has 0 aromatic rings. The zero-order valence-electron chi connectivity index (χ0n) is 13.3. The van der Waals surface area contributed by atoms with E-state index in [9.17, 15) is 14.7 Å². The Morgan fingerprint density at radius 2 is 1.59 bits per heavy atom. The molecular weight excluding hydrogens is 296 g/mol. The van der Waals surface area contributed by atoms with Crippen molar-refractivity contribution in [2.24, 2.45) is 0 Å². The van der Waals surface area contributed by atoms with Gasteiger partial charge in [-0.3, -0.25) is 9.59 Å². The van der Waals surface area contributed by atoms with E-state index in [2.05, 4.69) is 0 Å². The standard InChI is InChI=1S/C14H24O8/c1-5-18-7-10-11(20-8(3)15)12(21-9(4)16)13(19-6-2)14(17)22-10/h10-14,17H,5-7H2,1-4H3/t10-,11-,12+,13-,14-/m1/s1. The van der Waals surface area contributed by atoms with Gasteiger partial charge >= 0.3 is 11.9 Å². The molecule has 5 atom stereocenters. The van der Waals surface area contributed by atoms with Gasteiger partial charge in [-0.1, -0.05) is 0 Å². The number of carbonyl (C=O) groups is 2. The van der Waals surface area contributed by atoms with Gasteiger partial charge < -0.3 is 28.8 Å². The Morgan fingerprint density at radius 1 is 1.00 bits per heavy atom. The number of rotatable bonds is 7. The second kappa shape index (κ2) is 9.04. The third-order valence-corrected chi connectivity index (χ3v) is 3.06. The van der Waals surface area contributed by atoms with Gasteiger partial charge in [0, 0.05) is 27.1 Å². The highest BCUT2D eigenvalue weighted by molar-refractivity contribution is 5.67. The lowest BCUT2D eigenvalue weighted by Crippen LogP contribution is -2.62. The van der Waals surface area contributed by atoms with Crippen LogP contribution in [0.25, 0.3) is 0 Å². The van der Waals surface area contributed by atoms with Crippen LogP contribution in [0.2, 0.25) is 0 Å². The monoisotopic (exact) mass is 320 g/mol. The fourth-order valence-corrected chi connectivity index (χ4v) is 2.29. The van der Waals surface area contributed by atoms with Crippen molar-refractivity contribution >= 4 is 11.9 Å². The smallest absolute Gasteiger partial charge is 0.303 e. The van der Waals surface area contributed by atoms with Gasteiger partial charge in [0.25, 0.3) is 0 Å². The molecule has 0 radical (unpaired) electrons. The van der Waals surface area contributed by atoms with Crippen LogP contribution in [-0.4, -0.2) is 67.6 Å². The van der Waals surface area contributed by atoms with Crippen molar-refractivity contribution in [3.63, 3.8) is 0 Å². The average Bonchev–Trinajstić information content (AvgIpc) is 2.43. The molecule has 0 spiro atoms. The number of hydrogen-bond donors (Lipinski definition) is 1. The van der Waals surface area contributed by atoms with E-state index >= 15 is 0 Å². The Bertz CT molecular complexity index is 372. The van der Waals surface area contributed by atoms with Crippen LogP contribution in [0.4, 0.5) is 0 Å². The van der Waals surface area contributed by atoms with Crippen molar-refractivity contribution in [2.45, 2.75) is 58.4 Å². The topological polar surface area (TPSA) is 101 Å². The van der Waals surface area contributed by atoms with Gasteiger partial charge in [0.2, 0.25) is 0 Å². The van der Waals surface area contributed by atoms with Crippen LogP contribution < -0.4 is 0 Å². The number of aliphatic hydroxyl groups excluding tert-OH is 1. The van der Waals surface area contributed by atoms with Crippen LogP contribution in [0, 0.1) is 0 Å². The molecule has 128 valence electrons. The molecule has 1 rings (SSSR count). The second-order valence-corrected chi connectivity index (χ2v) is 4.79. The number of ether oxygens (including phenoxy) is 5. The predicted octanol–water partition coefficient (Wildman–Crippen LogP) is 0.00860. The summed E-state index contributed by atoms with van der Waals surface area (Å²) in [5.41, 5.74) is 0. The van der Waals surface area contributed by atoms with Crippen molar-refractivity contribution < 1.29 is 38.4 Å². The van der Waals surface area contributed by atoms with Crippen LogP contribution in [0.5, 0.6) is 0 Å². The molecule has 0 unspecified atom stereocenters. The van der Waals surface area contributed by atoms with Gasteiger partial charge in [-0.05, 0) is 13.8 Å². The molecule has 1 aliphatic rings. The van der Waals surface area contributed by atoms with Gasteiger partial charge in [-0.25, -0.2) is 0 Å². The molecule has 1 aliphatic heterocycles. The molecule has 1 fully saturated rings. The number of esters is 2. The normalized spacial score (nSPS) is 31.6. The summed E-state index contributed by atoms with van der Waals surface area (Å²) >= 11 is 0. The molecule has 22 heavy (non-hydrogen) atoms. The molecule has 1 N–H and O–H groups in total. The lowest BCUT2D eigenvalue weighted by molar-refractivity contribution is -0.301. The molecule has 8 nitrogen and oxygen atoms in total. The molecule has 0 aliphatic carbocycles. The van der Waals surface area contributed by atoms with Crippen LogP contribution in [-0.2, 0) is 33.3 Å². The molecule has 0 aromatic heterocycles. The highest BCUT2D eigenvalue weighted by Crippen LogP contribution is 2.27. The predicted molar refractivity (Wildman–Crippen MR) is 73.9 cm³/mol. The van der Waals surface area contributed by atoms with E-state index in [1.54, 1.807) is 13.8 Å². The Morgan fingerprint density at radius 3 is 2.09 bits per heavy atom. The first-order valence-corrected chi connectivity index (χ1v) is 7.28. The lowest BCUT2D eigenvalue weighted by Gasteiger charge is -2.43. The Labute approximate surface area is 129 Å². The highest BCUT2D eigenvalue weighted by Gasteiger charge is 2.50. The first kappa shape index (κ1) is 18.8. The Balaban J connectivity index is 3.01. The van der Waals surface area contributed by atoms with E-state index in [1.807, 2.05) is 0 Å². The summed E-state index contributed by atoms with van der Waals surface area (Å²) in [6.45, 7) is 6.78. The maximum absolute atomic E-state index is 11.3. The van der Waals surface area contributed by atoms with Gasteiger partial charge in [-0.2, -0.15) is 0 Å². The minimum absolute atomic E-state index is 0.0854. The molecule has 0 aromatic carbocycles. The zero-order valence-corrected chi connectivity index (χ0v) is 13.3. The summed E-state index contributed by atoms with van der Waals surface area (Å²) in [6.07, 6.45) is -4.93. The van der Waals surface area contributed by atoms with Crippen molar-refractivity contribution in [2.75, 3.05) is 19.8 Å². The Kier molecular flexibility index (Phi) is 7.74. The molecule has 1 saturated heterocycles. The van der Waals surface area contributed by atoms with Crippen LogP contribution in [0.15, 0.2) is 0 Å². The zero-order chi connectivity index (χ0) is 16.7. The lowest BCUT2D eigenvalue weighted by atomic mass is 9.98. The van der Waals surface area contributed by atoms with Gasteiger partial charge in [0.05, 0.1) is 6.61 Å². The van der Waals surface area contributed by atoms with Crippen molar-refractivity contribution in [1.29, 1.82) is 0 Å². The van der Waals surface area contributed by atoms with Crippen molar-refractivity contribution in [3.8, 4) is 0 Å². The van der Waals surface area contributed by atoms with Crippen LogP contribution >= 0.6 is 0 Å². The van der Waals surface area contributed by atoms with Crippen LogP contribution in [0.3, 0.4) is 0 Å². The maximum atomic E-state index is 11.3. The minimum Gasteiger partial charge on any atom is -0.456 e. The van der Waals surface area contributed by atoms with E-state index in [-0.39, 0.29) is 13.2 Å². The molecular formula is C14H24O8. The van der Waals surface area contributed by atoms with E-state index in [1.165, 1.54) is 13.8 Å². The highest BCUT2D eigenvalue weighted by atomic mass is 16.7. The average molecular weight is 320 g/mol. The third kappa shape index (κ3) is 5.20. The number of carbonyl (C=O) groups excluding carboxylic acids is 2.